The van der Waals surface area contributed by atoms with E-state index in [1.165, 1.54) is 7.05 Å². The Morgan fingerprint density at radius 2 is 1.80 bits per heavy atom. The van der Waals surface area contributed by atoms with Crippen molar-refractivity contribution in [1.82, 2.24) is 23.6 Å². The number of imidazole rings is 1. The summed E-state index contributed by atoms with van der Waals surface area (Å²) in [4.78, 5) is 58.0. The predicted octanol–water partition coefficient (Wildman–Crippen LogP) is 1.80. The number of halogens is 1. The molecule has 0 spiro atoms. The third kappa shape index (κ3) is 4.55. The third-order valence-corrected chi connectivity index (χ3v) is 6.01. The summed E-state index contributed by atoms with van der Waals surface area (Å²) in [5.74, 6) is 0.388. The van der Waals surface area contributed by atoms with Crippen molar-refractivity contribution in [2.24, 2.45) is 7.05 Å². The van der Waals surface area contributed by atoms with E-state index in [9.17, 15) is 19.2 Å². The number of piperazine rings is 1. The quantitative estimate of drug-likeness (QED) is 0.500. The molecule has 1 fully saturated rings. The van der Waals surface area contributed by atoms with Crippen LogP contribution in [-0.4, -0.2) is 67.7 Å². The fourth-order valence-electron chi connectivity index (χ4n) is 4.02. The van der Waals surface area contributed by atoms with Crippen LogP contribution >= 0.6 is 11.6 Å². The molecule has 0 saturated carbocycles. The summed E-state index contributed by atoms with van der Waals surface area (Å²) in [6, 6.07) is 6.99. The maximum Gasteiger partial charge on any atom is 0.410 e. The summed E-state index contributed by atoms with van der Waals surface area (Å²) in [5.41, 5.74) is -1.07. The number of carbonyl (C=O) groups is 2. The molecule has 1 aliphatic rings. The van der Waals surface area contributed by atoms with Crippen LogP contribution in [-0.2, 0) is 23.1 Å². The van der Waals surface area contributed by atoms with E-state index in [-0.39, 0.29) is 17.7 Å². The summed E-state index contributed by atoms with van der Waals surface area (Å²) in [5, 5.41) is 0.385. The highest BCUT2D eigenvalue weighted by molar-refractivity contribution is 6.32. The van der Waals surface area contributed by atoms with E-state index in [4.69, 9.17) is 16.3 Å². The Bertz CT molecular complexity index is 1410. The maximum atomic E-state index is 13.3. The monoisotopic (exact) mass is 502 g/mol. The van der Waals surface area contributed by atoms with Crippen molar-refractivity contribution < 1.29 is 14.3 Å². The fraction of sp³-hybridized carbons (Fsp3) is 0.435. The van der Waals surface area contributed by atoms with Gasteiger partial charge in [0.1, 0.15) is 11.9 Å². The zero-order valence-electron chi connectivity index (χ0n) is 20.0. The molecule has 1 amide bonds. The second-order valence-corrected chi connectivity index (χ2v) is 9.66. The number of aromatic nitrogens is 4. The van der Waals surface area contributed by atoms with Crippen LogP contribution in [0, 0.1) is 0 Å². The van der Waals surface area contributed by atoms with Crippen molar-refractivity contribution in [2.45, 2.75) is 32.9 Å². The number of hydrogen-bond donors (Lipinski definition) is 0. The highest BCUT2D eigenvalue weighted by Gasteiger charge is 2.30. The van der Waals surface area contributed by atoms with Gasteiger partial charge in [-0.05, 0) is 32.9 Å². The summed E-state index contributed by atoms with van der Waals surface area (Å²) >= 11 is 6.51. The molecule has 11 nitrogen and oxygen atoms in total. The number of benzene rings is 1. The number of ether oxygens (including phenoxy) is 1. The second-order valence-electron chi connectivity index (χ2n) is 9.25. The Morgan fingerprint density at radius 1 is 1.14 bits per heavy atom. The van der Waals surface area contributed by atoms with Gasteiger partial charge in [-0.1, -0.05) is 23.7 Å². The number of fused-ring (bicyclic) bond motifs is 1. The molecular formula is C23H27ClN6O5. The van der Waals surface area contributed by atoms with Crippen molar-refractivity contribution in [3.05, 3.63) is 50.1 Å². The first-order valence-corrected chi connectivity index (χ1v) is 11.5. The topological polar surface area (TPSA) is 112 Å². The molecule has 0 aliphatic carbocycles. The predicted molar refractivity (Wildman–Crippen MR) is 132 cm³/mol. The lowest BCUT2D eigenvalue weighted by Gasteiger charge is -2.36. The van der Waals surface area contributed by atoms with Crippen LogP contribution in [0.1, 0.15) is 20.8 Å². The number of aldehydes is 1. The molecule has 12 heteroatoms. The van der Waals surface area contributed by atoms with Gasteiger partial charge in [0.2, 0.25) is 5.95 Å². The van der Waals surface area contributed by atoms with Crippen LogP contribution in [0.5, 0.6) is 0 Å². The van der Waals surface area contributed by atoms with E-state index < -0.39 is 22.9 Å². The van der Waals surface area contributed by atoms with Gasteiger partial charge >= 0.3 is 11.8 Å². The normalized spacial score (nSPS) is 14.4. The number of nitrogens with zero attached hydrogens (tertiary/aromatic N) is 6. The molecule has 2 aromatic heterocycles. The van der Waals surface area contributed by atoms with Crippen LogP contribution in [0.4, 0.5) is 10.7 Å². The molecule has 1 saturated heterocycles. The Labute approximate surface area is 206 Å². The first kappa shape index (κ1) is 24.5. The summed E-state index contributed by atoms with van der Waals surface area (Å²) in [6.07, 6.45) is 0.185. The van der Waals surface area contributed by atoms with Crippen molar-refractivity contribution in [1.29, 1.82) is 0 Å². The van der Waals surface area contributed by atoms with Gasteiger partial charge in [0.05, 0.1) is 17.3 Å². The molecule has 4 rings (SSSR count). The number of para-hydroxylation sites is 1. The van der Waals surface area contributed by atoms with Gasteiger partial charge in [-0.2, -0.15) is 4.98 Å². The molecule has 3 heterocycles. The van der Waals surface area contributed by atoms with Gasteiger partial charge in [-0.15, -0.1) is 0 Å². The lowest BCUT2D eigenvalue weighted by molar-refractivity contribution is -0.108. The number of anilines is 1. The molecule has 3 aromatic rings. The van der Waals surface area contributed by atoms with Gasteiger partial charge in [-0.25, -0.2) is 9.59 Å². The van der Waals surface area contributed by atoms with Crippen molar-refractivity contribution >= 4 is 41.1 Å². The highest BCUT2D eigenvalue weighted by atomic mass is 35.5. The van der Waals surface area contributed by atoms with E-state index >= 15 is 0 Å². The Hall–Kier alpha value is -3.60. The molecule has 186 valence electrons. The Balaban J connectivity index is 1.84. The van der Waals surface area contributed by atoms with Gasteiger partial charge in [-0.3, -0.25) is 18.5 Å². The van der Waals surface area contributed by atoms with Gasteiger partial charge in [0.25, 0.3) is 5.56 Å². The summed E-state index contributed by atoms with van der Waals surface area (Å²) in [6.45, 7) is 6.75. The van der Waals surface area contributed by atoms with E-state index in [0.29, 0.717) is 49.1 Å². The highest BCUT2D eigenvalue weighted by Crippen LogP contribution is 2.30. The smallest absolute Gasteiger partial charge is 0.410 e. The standard InChI is InChI=1S/C23H27ClN6O5/c1-23(2,3)35-22(34)28-11-9-27(10-12-28)20-25-18-17(30(20)16-8-6-5-7-15(16)24)19(32)26(4)21(33)29(18)13-14-31/h5-8,14H,9-13H2,1-4H3. The van der Waals surface area contributed by atoms with E-state index in [1.54, 1.807) is 33.7 Å². The average Bonchev–Trinajstić information content (AvgIpc) is 3.20. The molecule has 0 bridgehead atoms. The van der Waals surface area contributed by atoms with Crippen LogP contribution in [0.2, 0.25) is 5.02 Å². The fourth-order valence-corrected chi connectivity index (χ4v) is 4.24. The van der Waals surface area contributed by atoms with E-state index in [1.807, 2.05) is 25.7 Å². The molecule has 0 unspecified atom stereocenters. The molecule has 35 heavy (non-hydrogen) atoms. The average molecular weight is 503 g/mol. The van der Waals surface area contributed by atoms with Crippen LogP contribution in [0.15, 0.2) is 33.9 Å². The summed E-state index contributed by atoms with van der Waals surface area (Å²) in [7, 11) is 1.36. The number of rotatable bonds is 4. The Kier molecular flexibility index (Phi) is 6.46. The molecular weight excluding hydrogens is 476 g/mol. The summed E-state index contributed by atoms with van der Waals surface area (Å²) < 4.78 is 9.20. The largest absolute Gasteiger partial charge is 0.444 e. The number of carbonyl (C=O) groups excluding carboxylic acids is 2. The van der Waals surface area contributed by atoms with Gasteiger partial charge in [0, 0.05) is 33.2 Å². The number of amides is 1. The lowest BCUT2D eigenvalue weighted by Crippen LogP contribution is -2.50. The van der Waals surface area contributed by atoms with E-state index in [2.05, 4.69) is 4.98 Å². The minimum atomic E-state index is -0.639. The van der Waals surface area contributed by atoms with Crippen molar-refractivity contribution in [3.8, 4) is 5.69 Å². The molecule has 1 aliphatic heterocycles. The van der Waals surface area contributed by atoms with Crippen LogP contribution in [0.25, 0.3) is 16.9 Å². The Morgan fingerprint density at radius 3 is 2.40 bits per heavy atom. The minimum Gasteiger partial charge on any atom is -0.444 e. The van der Waals surface area contributed by atoms with Crippen molar-refractivity contribution in [2.75, 3.05) is 31.1 Å². The first-order chi connectivity index (χ1) is 16.5. The minimum absolute atomic E-state index is 0.0923. The van der Waals surface area contributed by atoms with Gasteiger partial charge < -0.3 is 19.3 Å². The number of hydrogen-bond acceptors (Lipinski definition) is 7. The van der Waals surface area contributed by atoms with Gasteiger partial charge in [0.15, 0.2) is 11.2 Å². The molecule has 0 radical (unpaired) electrons. The van der Waals surface area contributed by atoms with E-state index in [0.717, 1.165) is 9.13 Å². The van der Waals surface area contributed by atoms with Crippen molar-refractivity contribution in [3.63, 3.8) is 0 Å². The lowest BCUT2D eigenvalue weighted by atomic mass is 10.2. The molecule has 0 atom stereocenters. The molecule has 0 N–H and O–H groups in total. The zero-order chi connectivity index (χ0) is 25.5. The zero-order valence-corrected chi connectivity index (χ0v) is 20.8. The maximum absolute atomic E-state index is 13.3. The first-order valence-electron chi connectivity index (χ1n) is 11.2. The molecule has 1 aromatic carbocycles. The second kappa shape index (κ2) is 9.21. The third-order valence-electron chi connectivity index (χ3n) is 5.69. The van der Waals surface area contributed by atoms with Crippen LogP contribution in [0.3, 0.4) is 0 Å². The SMILES string of the molecule is Cn1c(=O)c2c(nc(N3CCN(C(=O)OC(C)(C)C)CC3)n2-c2ccccc2Cl)n(CC=O)c1=O. The van der Waals surface area contributed by atoms with Crippen LogP contribution < -0.4 is 16.1 Å².